The molecule has 37 heteroatoms. The van der Waals surface area contributed by atoms with Gasteiger partial charge in [-0.2, -0.15) is 21.6 Å². The van der Waals surface area contributed by atoms with Crippen LogP contribution in [0.25, 0.3) is 40.9 Å². The van der Waals surface area contributed by atoms with Crippen LogP contribution in [0.15, 0.2) is 108 Å². The third-order valence-electron chi connectivity index (χ3n) is 19.2. The van der Waals surface area contributed by atoms with Crippen LogP contribution >= 0.6 is 104 Å². The van der Waals surface area contributed by atoms with E-state index >= 15 is 0 Å². The molecule has 0 bridgehead atoms. The quantitative estimate of drug-likeness (QED) is 0.0243. The number of carbonyl (C=O) groups excluding carboxylic acids is 4. The van der Waals surface area contributed by atoms with Crippen molar-refractivity contribution in [2.75, 3.05) is 91.8 Å². The van der Waals surface area contributed by atoms with Crippen LogP contribution in [0.4, 0.5) is 33.2 Å². The molecule has 3 amide bonds. The van der Waals surface area contributed by atoms with E-state index in [0.29, 0.717) is 65.6 Å². The summed E-state index contributed by atoms with van der Waals surface area (Å²) in [7, 11) is -1.87. The molecule has 0 aliphatic carbocycles. The molecule has 1 atom stereocenters. The van der Waals surface area contributed by atoms with Crippen LogP contribution in [0, 0.1) is 11.8 Å². The summed E-state index contributed by atoms with van der Waals surface area (Å²) < 4.78 is 96.1. The van der Waals surface area contributed by atoms with E-state index < -0.39 is 44.4 Å². The van der Waals surface area contributed by atoms with Crippen molar-refractivity contribution in [3.05, 3.63) is 143 Å². The van der Waals surface area contributed by atoms with Gasteiger partial charge < -0.3 is 63.1 Å². The van der Waals surface area contributed by atoms with Crippen LogP contribution in [0.3, 0.4) is 0 Å². The predicted octanol–water partition coefficient (Wildman–Crippen LogP) is 18.8. The average Bonchev–Trinajstić information content (AvgIpc) is 1.65. The van der Waals surface area contributed by atoms with Crippen LogP contribution in [0.5, 0.6) is 0 Å². The van der Waals surface area contributed by atoms with Crippen molar-refractivity contribution >= 4 is 198 Å². The number of fused-ring (bicyclic) bond motifs is 4. The Morgan fingerprint density at radius 3 is 1.30 bits per heavy atom. The molecule has 6 fully saturated rings. The van der Waals surface area contributed by atoms with Crippen LogP contribution in [0.1, 0.15) is 147 Å². The van der Waals surface area contributed by atoms with Crippen molar-refractivity contribution in [1.82, 2.24) is 49.8 Å². The van der Waals surface area contributed by atoms with E-state index in [1.807, 2.05) is 101 Å². The van der Waals surface area contributed by atoms with E-state index in [1.165, 1.54) is 34.0 Å². The van der Waals surface area contributed by atoms with Crippen molar-refractivity contribution in [2.45, 2.75) is 165 Å². The van der Waals surface area contributed by atoms with Gasteiger partial charge in [0.15, 0.2) is 0 Å². The SMILES string of the molecule is CC(C)(C)OC(=O)N1CC(C=O)C1.CC(C)(C)OC(=O)N1CC(c2nc3cc(Cl)ccc3s2)C1.CN1CC(c2nc3cc(B4OC(C)(C)C(C)(C)O4)ccc3s2)C1.CN1CC(c2nc3cc(Cl)ccc3s2)C1.C[C@H]1CC=C(OS(=O)(=O)C(F)(F)F)N(C(=O)OC(C)(C)C)C1.Clc1ccc2sc(C3CNC3)nc2c1.Nc1cc(Cl)ccc1S. The van der Waals surface area contributed by atoms with E-state index in [1.54, 1.807) is 84.8 Å². The number of halogens is 7. The lowest BCUT2D eigenvalue weighted by Crippen LogP contribution is -2.52. The van der Waals surface area contributed by atoms with Crippen molar-refractivity contribution in [3.8, 4) is 0 Å². The van der Waals surface area contributed by atoms with Gasteiger partial charge in [-0.3, -0.25) is 0 Å². The number of rotatable bonds is 8. The number of aromatic nitrogens is 4. The van der Waals surface area contributed by atoms with Gasteiger partial charge in [0, 0.05) is 126 Å². The van der Waals surface area contributed by atoms with Crippen LogP contribution < -0.4 is 16.5 Å². The summed E-state index contributed by atoms with van der Waals surface area (Å²) in [6.45, 7) is 34.9. The number of benzene rings is 5. The number of nitrogens with two attached hydrogens (primary N) is 1. The largest absolute Gasteiger partial charge is 0.534 e. The van der Waals surface area contributed by atoms with E-state index in [2.05, 4.69) is 113 Å². The fourth-order valence-corrected chi connectivity index (χ4v) is 17.5. The highest BCUT2D eigenvalue weighted by Crippen LogP contribution is 2.41. The Morgan fingerprint density at radius 1 is 0.564 bits per heavy atom. The number of hydrogen-bond donors (Lipinski definition) is 3. The van der Waals surface area contributed by atoms with Crippen LogP contribution in [0.2, 0.25) is 20.1 Å². The summed E-state index contributed by atoms with van der Waals surface area (Å²) in [5, 5.41) is 10.9. The van der Waals surface area contributed by atoms with Gasteiger partial charge in [-0.05, 0) is 213 Å². The molecule has 0 spiro atoms. The van der Waals surface area contributed by atoms with E-state index in [0.717, 1.165) is 109 Å². The Balaban J connectivity index is 0.000000146. The first kappa shape index (κ1) is 92.9. The fourth-order valence-electron chi connectivity index (χ4n) is 12.0. The summed E-state index contributed by atoms with van der Waals surface area (Å²) in [6, 6.07) is 29.1. The summed E-state index contributed by atoms with van der Waals surface area (Å²) >= 11 is 34.5. The maximum Gasteiger partial charge on any atom is 0.534 e. The van der Waals surface area contributed by atoms with Gasteiger partial charge >= 0.3 is 41.0 Å². The molecule has 0 saturated carbocycles. The number of nitrogen functional groups attached to an aromatic ring is 1. The maximum absolute atomic E-state index is 12.4. The van der Waals surface area contributed by atoms with Gasteiger partial charge in [0.1, 0.15) is 28.1 Å². The molecule has 23 nitrogen and oxygen atoms in total. The predicted molar refractivity (Wildman–Crippen MR) is 467 cm³/mol. The van der Waals surface area contributed by atoms with Crippen LogP contribution in [-0.2, 0) is 42.6 Å². The standard InChI is InChI=1S/C17H23BN2O2S.C15H17ClN2O2S.C12H18F3NO5S.C11H11ClN2S.C10H9ClN2S.C9H15NO3.C6H6ClNS/c1-16(2)17(3,4)22-18(21-16)12-6-7-14-13(8-12)19-15(23-14)11-9-20(5)10-11;1-15(2,3)20-14(19)18-7-9(8-18)13-17-11-6-10(16)4-5-12(11)21-13;1-8-5-6-9(21-22(18,19)12(13,14)15)16(7-8)10(17)20-11(2,3)4;1-14-5-7(6-14)11-13-9-4-8(12)2-3-10(9)15-11;11-7-1-2-9-8(3-7)13-10(14-9)6-4-12-5-6;1-9(2,3)13-8(12)10-4-7(5-10)6-11;7-4-1-2-6(9)5(8)3-4/h6-8,11H,9-10H2,1-5H3;4-6,9H,7-8H2,1-3H3;6,8H,5,7H2,1-4H3;2-4,7H,5-6H2,1H3;1-3,6,12H,4-5H2;6-7H,4-5H2,1-3H3;1-3,9H,8H2/t;;8-;;;;/m..0..../s1. The number of alkyl halides is 3. The molecule has 9 aromatic rings. The Hall–Kier alpha value is -6.41. The molecular formula is C80H99BCl4F3N11O12S6. The molecule has 3 N–H and O–H groups in total. The van der Waals surface area contributed by atoms with Crippen molar-refractivity contribution in [3.63, 3.8) is 0 Å². The summed E-state index contributed by atoms with van der Waals surface area (Å²) in [4.78, 5) is 73.6. The third kappa shape index (κ3) is 25.4. The molecule has 5 aromatic carbocycles. The minimum atomic E-state index is -5.84. The molecule has 0 radical (unpaired) electrons. The summed E-state index contributed by atoms with van der Waals surface area (Å²) in [5.41, 5.74) is 3.21. The Morgan fingerprint density at radius 2 is 0.932 bits per heavy atom. The monoisotopic (exact) mass is 1810 g/mol. The number of thiazole rings is 4. The number of allylic oxidation sites excluding steroid dienone is 1. The molecule has 6 saturated heterocycles. The second-order valence-electron chi connectivity index (χ2n) is 33.6. The number of nitrogens with one attached hydrogen (secondary N) is 1. The summed E-state index contributed by atoms with van der Waals surface area (Å²) in [5.74, 6) is 1.38. The molecule has 7 aliphatic heterocycles. The van der Waals surface area contributed by atoms with Gasteiger partial charge in [-0.25, -0.2) is 39.2 Å². The zero-order valence-corrected chi connectivity index (χ0v) is 76.0. The number of carbonyl (C=O) groups is 4. The highest BCUT2D eigenvalue weighted by atomic mass is 35.5. The highest BCUT2D eigenvalue weighted by Gasteiger charge is 2.53. The number of anilines is 1. The minimum absolute atomic E-state index is 0.00583. The van der Waals surface area contributed by atoms with Gasteiger partial charge in [0.25, 0.3) is 0 Å². The zero-order chi connectivity index (χ0) is 85.8. The van der Waals surface area contributed by atoms with Crippen molar-refractivity contribution in [1.29, 1.82) is 0 Å². The first-order valence-corrected chi connectivity index (χ1v) is 44.5. The number of hydrogen-bond acceptors (Lipinski definition) is 25. The lowest BCUT2D eigenvalue weighted by Gasteiger charge is -2.38. The number of likely N-dealkylation sites (N-methyl/N-ethyl adjacent to an activating group) is 2. The molecule has 11 heterocycles. The fraction of sp³-hybridized carbons (Fsp3) is 0.500. The van der Waals surface area contributed by atoms with Crippen LogP contribution in [-0.4, -0.2) is 204 Å². The van der Waals surface area contributed by atoms with Gasteiger partial charge in [0.2, 0.25) is 5.88 Å². The number of ether oxygens (including phenoxy) is 3. The number of thiol groups is 1. The molecule has 117 heavy (non-hydrogen) atoms. The third-order valence-corrected chi connectivity index (χ3v) is 26.3. The average molecular weight is 1810 g/mol. The Bertz CT molecular complexity index is 5150. The topological polar surface area (TPSA) is 264 Å². The lowest BCUT2D eigenvalue weighted by atomic mass is 9.79. The zero-order valence-electron chi connectivity index (χ0n) is 68.0. The van der Waals surface area contributed by atoms with Crippen molar-refractivity contribution in [2.24, 2.45) is 11.8 Å². The molecule has 634 valence electrons. The number of aldehydes is 1. The Labute approximate surface area is 723 Å². The number of amides is 3. The van der Waals surface area contributed by atoms with Crippen molar-refractivity contribution < 1.29 is 68.5 Å². The second-order valence-corrected chi connectivity index (χ2v) is 41.6. The summed E-state index contributed by atoms with van der Waals surface area (Å²) in [6.07, 6.45) is 0.737. The first-order valence-electron chi connectivity index (χ1n) is 37.8. The molecule has 7 aliphatic rings. The van der Waals surface area contributed by atoms with Gasteiger partial charge in [-0.1, -0.05) is 59.4 Å². The highest BCUT2D eigenvalue weighted by molar-refractivity contribution is 7.87. The first-order chi connectivity index (χ1) is 54.5. The minimum Gasteiger partial charge on any atom is -0.444 e. The number of nitrogens with zero attached hydrogens (tertiary/aromatic N) is 9. The number of likely N-dealkylation sites (tertiary alicyclic amines) is 4. The second kappa shape index (κ2) is 37.9. The van der Waals surface area contributed by atoms with E-state index in [9.17, 15) is 40.8 Å². The molecular weight excluding hydrogens is 1710 g/mol. The van der Waals surface area contributed by atoms with E-state index in [4.69, 9.17) is 80.6 Å². The molecule has 16 rings (SSSR count). The van der Waals surface area contributed by atoms with E-state index in [-0.39, 0.29) is 55.3 Å². The Kier molecular flexibility index (Phi) is 30.1. The normalized spacial score (nSPS) is 18.6. The van der Waals surface area contributed by atoms with Gasteiger partial charge in [0.05, 0.1) is 73.0 Å². The maximum atomic E-state index is 12.4. The lowest BCUT2D eigenvalue weighted by molar-refractivity contribution is -0.115. The van der Waals surface area contributed by atoms with Gasteiger partial charge in [-0.15, -0.1) is 58.0 Å². The molecule has 4 aromatic heterocycles. The smallest absolute Gasteiger partial charge is 0.444 e. The molecule has 0 unspecified atom stereocenters.